The van der Waals surface area contributed by atoms with Crippen LogP contribution in [-0.4, -0.2) is 159 Å². The lowest BCUT2D eigenvalue weighted by atomic mass is 10.1. The first-order chi connectivity index (χ1) is 21.4. The number of rotatable bonds is 15. The molecule has 0 aromatic heterocycles. The first-order valence-electron chi connectivity index (χ1n) is 14.1. The lowest BCUT2D eigenvalue weighted by Crippen LogP contribution is -2.53. The van der Waals surface area contributed by atoms with Crippen LogP contribution in [0.1, 0.15) is 38.5 Å². The SMILES string of the molecule is O=C1CNC(=O)CNC(=O)C(CCCN(O)CO)=NC(=O)C(CCCN(O)CO)NC(=O)C(CCCN(O)CO)NC(=O)CN1. The maximum atomic E-state index is 13.3. The van der Waals surface area contributed by atoms with Crippen LogP contribution in [0.5, 0.6) is 0 Å². The van der Waals surface area contributed by atoms with Crippen molar-refractivity contribution < 1.29 is 59.7 Å². The van der Waals surface area contributed by atoms with Crippen LogP contribution < -0.4 is 26.6 Å². The number of aliphatic hydroxyl groups is 3. The predicted molar refractivity (Wildman–Crippen MR) is 150 cm³/mol. The number of carbonyl (C=O) groups is 6. The number of carbonyl (C=O) groups excluding carboxylic acids is 6. The average Bonchev–Trinajstić information content (AvgIpc) is 3.02. The van der Waals surface area contributed by atoms with Crippen molar-refractivity contribution in [3.63, 3.8) is 0 Å². The Hall–Kier alpha value is -3.67. The minimum absolute atomic E-state index is 0.0276. The minimum Gasteiger partial charge on any atom is -0.379 e. The fourth-order valence-corrected chi connectivity index (χ4v) is 3.82. The van der Waals surface area contributed by atoms with Gasteiger partial charge in [-0.1, -0.05) is 0 Å². The van der Waals surface area contributed by atoms with Gasteiger partial charge in [0.15, 0.2) is 0 Å². The largest absolute Gasteiger partial charge is 0.379 e. The molecule has 0 aromatic carbocycles. The summed E-state index contributed by atoms with van der Waals surface area (Å²) in [6.07, 6.45) is -0.299. The van der Waals surface area contributed by atoms with Gasteiger partial charge in [0, 0.05) is 19.6 Å². The van der Waals surface area contributed by atoms with Gasteiger partial charge in [-0.25, -0.2) is 4.99 Å². The summed E-state index contributed by atoms with van der Waals surface area (Å²) in [4.78, 5) is 80.2. The predicted octanol–water partition coefficient (Wildman–Crippen LogP) is -5.45. The number of nitrogens with zero attached hydrogens (tertiary/aromatic N) is 4. The van der Waals surface area contributed by atoms with Crippen LogP contribution in [-0.2, 0) is 28.8 Å². The first-order valence-corrected chi connectivity index (χ1v) is 14.1. The van der Waals surface area contributed by atoms with Crippen LogP contribution in [0.2, 0.25) is 0 Å². The Morgan fingerprint density at radius 1 is 0.622 bits per heavy atom. The van der Waals surface area contributed by atoms with Gasteiger partial charge in [0.2, 0.25) is 23.6 Å². The zero-order valence-corrected chi connectivity index (χ0v) is 24.7. The van der Waals surface area contributed by atoms with Crippen LogP contribution in [0.15, 0.2) is 4.99 Å². The second-order valence-corrected chi connectivity index (χ2v) is 9.82. The summed E-state index contributed by atoms with van der Waals surface area (Å²) < 4.78 is 0. The molecule has 0 fully saturated rings. The Bertz CT molecular complexity index is 1030. The van der Waals surface area contributed by atoms with Crippen LogP contribution in [0.4, 0.5) is 0 Å². The summed E-state index contributed by atoms with van der Waals surface area (Å²) >= 11 is 0. The lowest BCUT2D eigenvalue weighted by molar-refractivity contribution is -0.144. The Morgan fingerprint density at radius 3 is 1.62 bits per heavy atom. The van der Waals surface area contributed by atoms with Crippen LogP contribution in [0.3, 0.4) is 0 Å². The van der Waals surface area contributed by atoms with Crippen LogP contribution >= 0.6 is 0 Å². The zero-order chi connectivity index (χ0) is 33.8. The third-order valence-corrected chi connectivity index (χ3v) is 6.21. The Balaban J connectivity index is 3.38. The highest BCUT2D eigenvalue weighted by molar-refractivity contribution is 6.40. The molecule has 21 heteroatoms. The van der Waals surface area contributed by atoms with E-state index in [0.717, 1.165) is 0 Å². The van der Waals surface area contributed by atoms with E-state index in [0.29, 0.717) is 15.2 Å². The van der Waals surface area contributed by atoms with Crippen molar-refractivity contribution in [1.29, 1.82) is 0 Å². The molecule has 0 bridgehead atoms. The summed E-state index contributed by atoms with van der Waals surface area (Å²) in [7, 11) is 0. The minimum atomic E-state index is -1.41. The number of aliphatic hydroxyl groups excluding tert-OH is 3. The normalized spacial score (nSPS) is 19.8. The lowest BCUT2D eigenvalue weighted by Gasteiger charge is -2.23. The maximum Gasteiger partial charge on any atom is 0.268 e. The number of hydrogen-bond donors (Lipinski definition) is 11. The highest BCUT2D eigenvalue weighted by atomic mass is 16.5. The van der Waals surface area contributed by atoms with E-state index in [9.17, 15) is 44.4 Å². The molecule has 0 spiro atoms. The summed E-state index contributed by atoms with van der Waals surface area (Å²) in [6, 6.07) is -2.71. The van der Waals surface area contributed by atoms with E-state index in [4.69, 9.17) is 15.3 Å². The second-order valence-electron chi connectivity index (χ2n) is 9.82. The standard InChI is InChI=1S/C24H43N9O12/c34-13-31(43)7-1-4-16-22(40)27-11-20(38)25-10-19(37)26-12-21(39)28-17(5-2-8-32(44)14-35)23(41)30-18(24(42)29-16)6-3-9-33(45)15-36/h17-18,34-36,43-45H,1-15H2,(H,25,38)(H,26,37)(H,27,40)(H,28,39)(H,30,41). The molecule has 0 radical (unpaired) electrons. The highest BCUT2D eigenvalue weighted by Gasteiger charge is 2.28. The van der Waals surface area contributed by atoms with Crippen molar-refractivity contribution in [3.05, 3.63) is 0 Å². The molecule has 0 aliphatic carbocycles. The number of aliphatic imine (C=N–C) groups is 1. The fourth-order valence-electron chi connectivity index (χ4n) is 3.82. The van der Waals surface area contributed by atoms with Crippen LogP contribution in [0.25, 0.3) is 0 Å². The molecule has 45 heavy (non-hydrogen) atoms. The van der Waals surface area contributed by atoms with Gasteiger partial charge >= 0.3 is 0 Å². The molecular formula is C24H43N9O12. The molecule has 0 aromatic rings. The van der Waals surface area contributed by atoms with E-state index >= 15 is 0 Å². The maximum absolute atomic E-state index is 13.3. The van der Waals surface area contributed by atoms with E-state index in [1.165, 1.54) is 0 Å². The Morgan fingerprint density at radius 2 is 1.09 bits per heavy atom. The molecule has 2 atom stereocenters. The van der Waals surface area contributed by atoms with Gasteiger partial charge in [-0.2, -0.15) is 15.2 Å². The first kappa shape index (κ1) is 39.4. The number of nitrogens with one attached hydrogen (secondary N) is 5. The van der Waals surface area contributed by atoms with Gasteiger partial charge in [-0.05, 0) is 38.5 Å². The average molecular weight is 650 g/mol. The monoisotopic (exact) mass is 649 g/mol. The van der Waals surface area contributed by atoms with Gasteiger partial charge in [-0.15, -0.1) is 0 Å². The van der Waals surface area contributed by atoms with Gasteiger partial charge in [0.25, 0.3) is 11.8 Å². The number of hydroxylamine groups is 6. The van der Waals surface area contributed by atoms with E-state index in [1.54, 1.807) is 0 Å². The molecule has 6 amide bonds. The molecule has 1 heterocycles. The van der Waals surface area contributed by atoms with E-state index in [1.807, 2.05) is 0 Å². The molecule has 2 unspecified atom stereocenters. The van der Waals surface area contributed by atoms with Gasteiger partial charge in [0.05, 0.1) is 19.6 Å². The molecule has 21 nitrogen and oxygen atoms in total. The molecule has 0 saturated heterocycles. The van der Waals surface area contributed by atoms with E-state index in [-0.39, 0.29) is 63.9 Å². The molecule has 1 rings (SSSR count). The molecule has 11 N–H and O–H groups in total. The summed E-state index contributed by atoms with van der Waals surface area (Å²) in [5, 5.41) is 68.9. The second kappa shape index (κ2) is 21.9. The van der Waals surface area contributed by atoms with E-state index < -0.39 is 87.4 Å². The quantitative estimate of drug-likeness (QED) is 0.0582. The topological polar surface area (TPSA) is 306 Å². The van der Waals surface area contributed by atoms with Crippen molar-refractivity contribution in [2.75, 3.05) is 59.5 Å². The highest BCUT2D eigenvalue weighted by Crippen LogP contribution is 2.07. The van der Waals surface area contributed by atoms with Gasteiger partial charge in [-0.3, -0.25) is 28.8 Å². The van der Waals surface area contributed by atoms with Crippen molar-refractivity contribution in [3.8, 4) is 0 Å². The van der Waals surface area contributed by atoms with Crippen molar-refractivity contribution in [2.45, 2.75) is 50.6 Å². The van der Waals surface area contributed by atoms with Crippen molar-refractivity contribution in [2.24, 2.45) is 4.99 Å². The summed E-state index contributed by atoms with van der Waals surface area (Å²) in [5.41, 5.74) is -0.381. The van der Waals surface area contributed by atoms with Crippen molar-refractivity contribution >= 4 is 41.2 Å². The fraction of sp³-hybridized carbons (Fsp3) is 0.708. The van der Waals surface area contributed by atoms with Gasteiger partial charge < -0.3 is 57.5 Å². The Labute approximate surface area is 258 Å². The third-order valence-electron chi connectivity index (χ3n) is 6.21. The third kappa shape index (κ3) is 16.8. The molecule has 0 saturated carbocycles. The number of hydrogen-bond acceptors (Lipinski definition) is 15. The molecule has 256 valence electrons. The van der Waals surface area contributed by atoms with Crippen LogP contribution in [0, 0.1) is 0 Å². The molecular weight excluding hydrogens is 606 g/mol. The molecule has 1 aliphatic rings. The Kier molecular flexibility index (Phi) is 19.2. The van der Waals surface area contributed by atoms with Crippen molar-refractivity contribution in [1.82, 2.24) is 41.8 Å². The summed E-state index contributed by atoms with van der Waals surface area (Å²) in [5.74, 6) is -5.13. The summed E-state index contributed by atoms with van der Waals surface area (Å²) in [6.45, 7) is -4.18. The smallest absolute Gasteiger partial charge is 0.268 e. The van der Waals surface area contributed by atoms with E-state index in [2.05, 4.69) is 31.6 Å². The zero-order valence-electron chi connectivity index (χ0n) is 24.7. The number of amides is 6. The van der Waals surface area contributed by atoms with Gasteiger partial charge in [0.1, 0.15) is 38.0 Å². The molecule has 1 aliphatic heterocycles.